The Balaban J connectivity index is 2.52. The first kappa shape index (κ1) is 12.9. The lowest BCUT2D eigenvalue weighted by atomic mass is 10.1. The number of aromatic hydroxyl groups is 1. The Hall–Kier alpha value is -2.08. The molecule has 1 aromatic carbocycles. The number of methoxy groups -OCH3 is 1. The summed E-state index contributed by atoms with van der Waals surface area (Å²) in [6, 6.07) is 2.98. The van der Waals surface area contributed by atoms with E-state index < -0.39 is 0 Å². The van der Waals surface area contributed by atoms with Crippen molar-refractivity contribution in [2.24, 2.45) is 0 Å². The third kappa shape index (κ3) is 1.76. The third-order valence-corrected chi connectivity index (χ3v) is 3.63. The normalized spacial score (nSPS) is 11.3. The van der Waals surface area contributed by atoms with Crippen molar-refractivity contribution in [3.8, 4) is 11.5 Å². The average Bonchev–Trinajstić information content (AvgIpc) is 2.88. The molecule has 0 saturated heterocycles. The molecule has 20 heavy (non-hydrogen) atoms. The van der Waals surface area contributed by atoms with Crippen LogP contribution in [0.4, 0.5) is 0 Å². The van der Waals surface area contributed by atoms with E-state index in [1.165, 1.54) is 31.2 Å². The predicted molar refractivity (Wildman–Crippen MR) is 77.7 cm³/mol. The molecule has 2 heterocycles. The highest BCUT2D eigenvalue weighted by atomic mass is 32.2. The number of benzene rings is 1. The van der Waals surface area contributed by atoms with Gasteiger partial charge in [-0.05, 0) is 12.3 Å². The lowest BCUT2D eigenvalue weighted by molar-refractivity contribution is 0.401. The molecule has 0 fully saturated rings. The first-order valence-electron chi connectivity index (χ1n) is 5.89. The van der Waals surface area contributed by atoms with Gasteiger partial charge in [0.05, 0.1) is 24.5 Å². The van der Waals surface area contributed by atoms with Gasteiger partial charge in [0, 0.05) is 6.07 Å². The summed E-state index contributed by atoms with van der Waals surface area (Å²) >= 11 is 1.54. The monoisotopic (exact) mass is 292 g/mol. The van der Waals surface area contributed by atoms with Crippen LogP contribution in [0.2, 0.25) is 0 Å². The standard InChI is InChI=1S/C14H12O5S/c1-17-14-12-8(3-4-18-12)11(16)10-9(15)5-7(6-20-2)19-13(10)14/h3-5,16H,6H2,1-2H3. The number of thioether (sulfide) groups is 1. The zero-order valence-electron chi connectivity index (χ0n) is 10.9. The molecule has 0 unspecified atom stereocenters. The van der Waals surface area contributed by atoms with E-state index in [9.17, 15) is 9.90 Å². The van der Waals surface area contributed by atoms with Gasteiger partial charge in [-0.2, -0.15) is 11.8 Å². The van der Waals surface area contributed by atoms with Crippen LogP contribution >= 0.6 is 11.8 Å². The maximum Gasteiger partial charge on any atom is 0.206 e. The quantitative estimate of drug-likeness (QED) is 0.799. The van der Waals surface area contributed by atoms with Crippen LogP contribution in [0.5, 0.6) is 11.5 Å². The Morgan fingerprint density at radius 2 is 2.20 bits per heavy atom. The van der Waals surface area contributed by atoms with E-state index >= 15 is 0 Å². The summed E-state index contributed by atoms with van der Waals surface area (Å²) < 4.78 is 16.3. The zero-order valence-corrected chi connectivity index (χ0v) is 11.7. The highest BCUT2D eigenvalue weighted by Gasteiger charge is 2.21. The van der Waals surface area contributed by atoms with Gasteiger partial charge < -0.3 is 18.7 Å². The second kappa shape index (κ2) is 4.79. The second-order valence-electron chi connectivity index (χ2n) is 4.26. The fraction of sp³-hybridized carbons (Fsp3) is 0.214. The van der Waals surface area contributed by atoms with E-state index in [-0.39, 0.29) is 22.1 Å². The molecule has 3 rings (SSSR count). The van der Waals surface area contributed by atoms with Gasteiger partial charge in [0.1, 0.15) is 16.9 Å². The molecule has 0 amide bonds. The summed E-state index contributed by atoms with van der Waals surface area (Å²) in [6.45, 7) is 0. The SMILES string of the molecule is COc1c2occc2c(O)c2c(=O)cc(CSC)oc12. The summed E-state index contributed by atoms with van der Waals surface area (Å²) in [5.41, 5.74) is 0.278. The summed E-state index contributed by atoms with van der Waals surface area (Å²) in [5.74, 6) is 1.26. The van der Waals surface area contributed by atoms with Gasteiger partial charge in [-0.1, -0.05) is 0 Å². The van der Waals surface area contributed by atoms with Crippen LogP contribution in [-0.4, -0.2) is 18.5 Å². The van der Waals surface area contributed by atoms with Gasteiger partial charge in [-0.3, -0.25) is 4.79 Å². The molecule has 5 nitrogen and oxygen atoms in total. The molecular weight excluding hydrogens is 280 g/mol. The third-order valence-electron chi connectivity index (χ3n) is 3.06. The molecule has 0 aliphatic carbocycles. The average molecular weight is 292 g/mol. The van der Waals surface area contributed by atoms with E-state index in [0.717, 1.165) is 0 Å². The molecule has 6 heteroatoms. The zero-order chi connectivity index (χ0) is 14.3. The molecule has 0 aliphatic heterocycles. The fourth-order valence-electron chi connectivity index (χ4n) is 2.23. The van der Waals surface area contributed by atoms with Crippen molar-refractivity contribution in [3.63, 3.8) is 0 Å². The first-order chi connectivity index (χ1) is 9.67. The van der Waals surface area contributed by atoms with Crippen LogP contribution in [-0.2, 0) is 5.75 Å². The molecule has 104 valence electrons. The fourth-order valence-corrected chi connectivity index (χ4v) is 2.66. The maximum absolute atomic E-state index is 12.2. The van der Waals surface area contributed by atoms with Crippen LogP contribution in [0.15, 0.2) is 32.0 Å². The summed E-state index contributed by atoms with van der Waals surface area (Å²) in [5, 5.41) is 10.8. The second-order valence-corrected chi connectivity index (χ2v) is 5.13. The minimum atomic E-state index is -0.297. The number of hydrogen-bond donors (Lipinski definition) is 1. The summed E-state index contributed by atoms with van der Waals surface area (Å²) in [4.78, 5) is 12.2. The Morgan fingerprint density at radius 1 is 1.40 bits per heavy atom. The van der Waals surface area contributed by atoms with E-state index in [1.807, 2.05) is 6.26 Å². The van der Waals surface area contributed by atoms with Crippen molar-refractivity contribution < 1.29 is 18.7 Å². The molecule has 0 bridgehead atoms. The number of hydrogen-bond acceptors (Lipinski definition) is 6. The molecule has 0 atom stereocenters. The van der Waals surface area contributed by atoms with Crippen molar-refractivity contribution in [2.45, 2.75) is 5.75 Å². The summed E-state index contributed by atoms with van der Waals surface area (Å²) in [6.07, 6.45) is 3.34. The number of phenols is 1. The van der Waals surface area contributed by atoms with E-state index in [1.54, 1.807) is 6.07 Å². The number of fused-ring (bicyclic) bond motifs is 2. The van der Waals surface area contributed by atoms with Gasteiger partial charge >= 0.3 is 0 Å². The minimum Gasteiger partial charge on any atom is -0.506 e. The molecule has 2 aromatic heterocycles. The van der Waals surface area contributed by atoms with E-state index in [2.05, 4.69) is 0 Å². The molecule has 0 spiro atoms. The van der Waals surface area contributed by atoms with Crippen molar-refractivity contribution >= 4 is 33.7 Å². The smallest absolute Gasteiger partial charge is 0.206 e. The largest absolute Gasteiger partial charge is 0.506 e. The number of rotatable bonds is 3. The van der Waals surface area contributed by atoms with Crippen molar-refractivity contribution in [2.75, 3.05) is 13.4 Å². The van der Waals surface area contributed by atoms with Crippen LogP contribution < -0.4 is 10.2 Å². The van der Waals surface area contributed by atoms with Gasteiger partial charge in [0.25, 0.3) is 0 Å². The van der Waals surface area contributed by atoms with Crippen molar-refractivity contribution in [3.05, 3.63) is 34.4 Å². The predicted octanol–water partition coefficient (Wildman–Crippen LogP) is 3.12. The number of furan rings is 1. The van der Waals surface area contributed by atoms with Gasteiger partial charge in [-0.15, -0.1) is 0 Å². The van der Waals surface area contributed by atoms with Gasteiger partial charge in [0.15, 0.2) is 16.6 Å². The Morgan fingerprint density at radius 3 is 2.90 bits per heavy atom. The molecule has 1 N–H and O–H groups in total. The van der Waals surface area contributed by atoms with Crippen molar-refractivity contribution in [1.29, 1.82) is 0 Å². The van der Waals surface area contributed by atoms with Gasteiger partial charge in [-0.25, -0.2) is 0 Å². The summed E-state index contributed by atoms with van der Waals surface area (Å²) in [7, 11) is 1.47. The Kier molecular flexibility index (Phi) is 3.10. The van der Waals surface area contributed by atoms with Crippen molar-refractivity contribution in [1.82, 2.24) is 0 Å². The lowest BCUT2D eigenvalue weighted by Gasteiger charge is -2.08. The number of phenolic OH excluding ortho intramolecular Hbond substituents is 1. The Labute approximate surface area is 118 Å². The first-order valence-corrected chi connectivity index (χ1v) is 7.28. The molecule has 3 aromatic rings. The van der Waals surface area contributed by atoms with Crippen LogP contribution in [0.25, 0.3) is 21.9 Å². The number of ether oxygens (including phenoxy) is 1. The van der Waals surface area contributed by atoms with Gasteiger partial charge in [0.2, 0.25) is 5.75 Å². The van der Waals surface area contributed by atoms with Crippen LogP contribution in [0, 0.1) is 0 Å². The minimum absolute atomic E-state index is 0.112. The Bertz CT molecular complexity index is 846. The van der Waals surface area contributed by atoms with E-state index in [0.29, 0.717) is 28.2 Å². The van der Waals surface area contributed by atoms with Crippen LogP contribution in [0.3, 0.4) is 0 Å². The molecule has 0 saturated carbocycles. The lowest BCUT2D eigenvalue weighted by Crippen LogP contribution is -2.03. The molecular formula is C14H12O5S. The maximum atomic E-state index is 12.2. The molecule has 0 radical (unpaired) electrons. The topological polar surface area (TPSA) is 72.8 Å². The van der Waals surface area contributed by atoms with Crippen LogP contribution in [0.1, 0.15) is 5.76 Å². The molecule has 0 aliphatic rings. The highest BCUT2D eigenvalue weighted by molar-refractivity contribution is 7.97. The van der Waals surface area contributed by atoms with E-state index in [4.69, 9.17) is 13.6 Å². The highest BCUT2D eigenvalue weighted by Crippen LogP contribution is 2.41.